The molecule has 1 unspecified atom stereocenters. The van der Waals surface area contributed by atoms with Gasteiger partial charge >= 0.3 is 0 Å². The molecule has 0 bridgehead atoms. The van der Waals surface area contributed by atoms with Crippen molar-refractivity contribution in [3.63, 3.8) is 0 Å². The highest BCUT2D eigenvalue weighted by atomic mass is 16.3. The SMILES string of the molecule is O=CC(NC(=O)c1cc(=O)c(O)c[nH]1)c1ccc(O)cc1. The van der Waals surface area contributed by atoms with Crippen LogP contribution in [-0.4, -0.2) is 27.4 Å². The molecule has 7 nitrogen and oxygen atoms in total. The summed E-state index contributed by atoms with van der Waals surface area (Å²) in [5.41, 5.74) is -0.299. The number of hydrogen-bond acceptors (Lipinski definition) is 5. The standard InChI is InChI=1S/C14H12N2O5/c17-7-11(8-1-3-9(18)4-2-8)16-14(21)10-5-12(19)13(20)6-15-10/h1-7,11,18,20H,(H,15,19)(H,16,21). The van der Waals surface area contributed by atoms with Crippen molar-refractivity contribution >= 4 is 12.2 Å². The Morgan fingerprint density at radius 2 is 1.90 bits per heavy atom. The van der Waals surface area contributed by atoms with E-state index in [9.17, 15) is 19.5 Å². The van der Waals surface area contributed by atoms with Crippen molar-refractivity contribution in [2.45, 2.75) is 6.04 Å². The van der Waals surface area contributed by atoms with Gasteiger partial charge in [0, 0.05) is 12.3 Å². The van der Waals surface area contributed by atoms with Crippen LogP contribution in [-0.2, 0) is 4.79 Å². The molecule has 0 saturated heterocycles. The Labute approximate surface area is 118 Å². The number of carbonyl (C=O) groups is 2. The van der Waals surface area contributed by atoms with Gasteiger partial charge in [0.2, 0.25) is 5.43 Å². The van der Waals surface area contributed by atoms with Crippen LogP contribution in [0.4, 0.5) is 0 Å². The smallest absolute Gasteiger partial charge is 0.268 e. The summed E-state index contributed by atoms with van der Waals surface area (Å²) >= 11 is 0. The number of rotatable bonds is 4. The molecule has 0 spiro atoms. The Morgan fingerprint density at radius 3 is 2.48 bits per heavy atom. The molecular formula is C14H12N2O5. The third-order valence-corrected chi connectivity index (χ3v) is 2.81. The predicted octanol–water partition coefficient (Wildman–Crippen LogP) is 0.456. The average Bonchev–Trinajstić information content (AvgIpc) is 2.48. The number of aromatic nitrogens is 1. The van der Waals surface area contributed by atoms with E-state index < -0.39 is 23.1 Å². The Hall–Kier alpha value is -3.09. The van der Waals surface area contributed by atoms with Gasteiger partial charge in [-0.15, -0.1) is 0 Å². The third kappa shape index (κ3) is 3.27. The van der Waals surface area contributed by atoms with Gasteiger partial charge in [-0.1, -0.05) is 12.1 Å². The molecule has 1 atom stereocenters. The summed E-state index contributed by atoms with van der Waals surface area (Å²) < 4.78 is 0. The van der Waals surface area contributed by atoms with Crippen LogP contribution < -0.4 is 10.7 Å². The number of aromatic amines is 1. The van der Waals surface area contributed by atoms with E-state index in [4.69, 9.17) is 5.11 Å². The number of nitrogens with one attached hydrogen (secondary N) is 2. The van der Waals surface area contributed by atoms with Crippen molar-refractivity contribution in [3.05, 3.63) is 58.0 Å². The Balaban J connectivity index is 2.19. The molecule has 1 aromatic carbocycles. The Morgan fingerprint density at radius 1 is 1.24 bits per heavy atom. The number of benzene rings is 1. The predicted molar refractivity (Wildman–Crippen MR) is 73.1 cm³/mol. The molecule has 1 amide bonds. The highest BCUT2D eigenvalue weighted by Crippen LogP contribution is 2.15. The van der Waals surface area contributed by atoms with Crippen molar-refractivity contribution in [2.75, 3.05) is 0 Å². The molecule has 2 rings (SSSR count). The maximum atomic E-state index is 11.9. The zero-order chi connectivity index (χ0) is 15.4. The lowest BCUT2D eigenvalue weighted by atomic mass is 10.1. The maximum absolute atomic E-state index is 11.9. The van der Waals surface area contributed by atoms with Crippen LogP contribution in [0.3, 0.4) is 0 Å². The molecule has 1 heterocycles. The van der Waals surface area contributed by atoms with Gasteiger partial charge in [0.25, 0.3) is 5.91 Å². The number of hydrogen-bond donors (Lipinski definition) is 4. The third-order valence-electron chi connectivity index (χ3n) is 2.81. The maximum Gasteiger partial charge on any atom is 0.268 e. The van der Waals surface area contributed by atoms with Gasteiger partial charge in [0.05, 0.1) is 0 Å². The molecule has 7 heteroatoms. The number of amides is 1. The first kappa shape index (κ1) is 14.3. The number of carbonyl (C=O) groups excluding carboxylic acids is 2. The first-order chi connectivity index (χ1) is 10.0. The molecule has 2 aromatic rings. The number of phenolic OH excluding ortho intramolecular Hbond substituents is 1. The number of H-pyrrole nitrogens is 1. The van der Waals surface area contributed by atoms with Gasteiger partial charge in [0.1, 0.15) is 23.8 Å². The second kappa shape index (κ2) is 5.91. The first-order valence-corrected chi connectivity index (χ1v) is 5.98. The Bertz CT molecular complexity index is 721. The van der Waals surface area contributed by atoms with Crippen LogP contribution in [0.2, 0.25) is 0 Å². The van der Waals surface area contributed by atoms with Crippen LogP contribution in [0, 0.1) is 0 Å². The van der Waals surface area contributed by atoms with Gasteiger partial charge in [-0.2, -0.15) is 0 Å². The van der Waals surface area contributed by atoms with Gasteiger partial charge in [-0.05, 0) is 17.7 Å². The molecule has 4 N–H and O–H groups in total. The number of phenols is 1. The van der Waals surface area contributed by atoms with Crippen LogP contribution in [0.1, 0.15) is 22.1 Å². The fraction of sp³-hybridized carbons (Fsp3) is 0.0714. The summed E-state index contributed by atoms with van der Waals surface area (Å²) in [6.45, 7) is 0. The zero-order valence-electron chi connectivity index (χ0n) is 10.7. The lowest BCUT2D eigenvalue weighted by Crippen LogP contribution is -2.30. The highest BCUT2D eigenvalue weighted by Gasteiger charge is 2.16. The van der Waals surface area contributed by atoms with Crippen molar-refractivity contribution in [3.8, 4) is 11.5 Å². The lowest BCUT2D eigenvalue weighted by Gasteiger charge is -2.13. The average molecular weight is 288 g/mol. The van der Waals surface area contributed by atoms with E-state index in [0.29, 0.717) is 11.8 Å². The van der Waals surface area contributed by atoms with Gasteiger partial charge in [-0.25, -0.2) is 0 Å². The monoisotopic (exact) mass is 288 g/mol. The van der Waals surface area contributed by atoms with E-state index >= 15 is 0 Å². The van der Waals surface area contributed by atoms with Crippen LogP contribution >= 0.6 is 0 Å². The first-order valence-electron chi connectivity index (χ1n) is 5.98. The summed E-state index contributed by atoms with van der Waals surface area (Å²) in [5.74, 6) is -1.13. The zero-order valence-corrected chi connectivity index (χ0v) is 10.7. The quantitative estimate of drug-likeness (QED) is 0.609. The van der Waals surface area contributed by atoms with Crippen LogP contribution in [0.25, 0.3) is 0 Å². The second-order valence-corrected chi connectivity index (χ2v) is 4.27. The van der Waals surface area contributed by atoms with E-state index in [1.165, 1.54) is 24.3 Å². The molecule has 0 fully saturated rings. The summed E-state index contributed by atoms with van der Waals surface area (Å²) in [7, 11) is 0. The van der Waals surface area contributed by atoms with Crippen LogP contribution in [0.15, 0.2) is 41.3 Å². The summed E-state index contributed by atoms with van der Waals surface area (Å²) in [6.07, 6.45) is 1.52. The minimum Gasteiger partial charge on any atom is -0.508 e. The van der Waals surface area contributed by atoms with E-state index in [1.807, 2.05) is 0 Å². The normalized spacial score (nSPS) is 11.6. The van der Waals surface area contributed by atoms with Crippen molar-refractivity contribution < 1.29 is 19.8 Å². The summed E-state index contributed by atoms with van der Waals surface area (Å²) in [6, 6.07) is 5.78. The second-order valence-electron chi connectivity index (χ2n) is 4.27. The Kier molecular flexibility index (Phi) is 4.03. The fourth-order valence-corrected chi connectivity index (χ4v) is 1.69. The van der Waals surface area contributed by atoms with Gasteiger partial charge < -0.3 is 25.3 Å². The van der Waals surface area contributed by atoms with Gasteiger partial charge in [0.15, 0.2) is 5.75 Å². The molecular weight excluding hydrogens is 276 g/mol. The number of aldehydes is 1. The van der Waals surface area contributed by atoms with E-state index in [2.05, 4.69) is 10.3 Å². The molecule has 21 heavy (non-hydrogen) atoms. The molecule has 0 aliphatic rings. The number of aromatic hydroxyl groups is 2. The molecule has 1 aromatic heterocycles. The minimum atomic E-state index is -0.921. The number of pyridine rings is 1. The van der Waals surface area contributed by atoms with E-state index in [0.717, 1.165) is 12.3 Å². The van der Waals surface area contributed by atoms with E-state index in [1.54, 1.807) is 0 Å². The summed E-state index contributed by atoms with van der Waals surface area (Å²) in [5, 5.41) is 20.7. The highest BCUT2D eigenvalue weighted by molar-refractivity contribution is 5.94. The topological polar surface area (TPSA) is 119 Å². The van der Waals surface area contributed by atoms with Crippen molar-refractivity contribution in [1.82, 2.24) is 10.3 Å². The largest absolute Gasteiger partial charge is 0.508 e. The van der Waals surface area contributed by atoms with Gasteiger partial charge in [-0.3, -0.25) is 9.59 Å². The van der Waals surface area contributed by atoms with Crippen LogP contribution in [0.5, 0.6) is 11.5 Å². The summed E-state index contributed by atoms with van der Waals surface area (Å²) in [4.78, 5) is 36.7. The fourth-order valence-electron chi connectivity index (χ4n) is 1.69. The molecule has 0 radical (unpaired) electrons. The van der Waals surface area contributed by atoms with E-state index in [-0.39, 0.29) is 11.4 Å². The van der Waals surface area contributed by atoms with Crippen molar-refractivity contribution in [2.24, 2.45) is 0 Å². The molecule has 108 valence electrons. The molecule has 0 aliphatic heterocycles. The minimum absolute atomic E-state index is 0.0394. The molecule has 0 saturated carbocycles. The lowest BCUT2D eigenvalue weighted by molar-refractivity contribution is -0.109. The molecule has 0 aliphatic carbocycles. The van der Waals surface area contributed by atoms with Crippen molar-refractivity contribution in [1.29, 1.82) is 0 Å².